The number of carbonyl (C=O) groups excluding carboxylic acids is 4. The Morgan fingerprint density at radius 1 is 0.419 bits per heavy atom. The van der Waals surface area contributed by atoms with Crippen LogP contribution in [0.3, 0.4) is 0 Å². The van der Waals surface area contributed by atoms with Crippen molar-refractivity contribution < 1.29 is 83.9 Å². The quantitative estimate of drug-likeness (QED) is 0.0245. The van der Waals surface area contributed by atoms with Crippen LogP contribution in [0.25, 0.3) is 0 Å². The first-order chi connectivity index (χ1) is 56.3. The van der Waals surface area contributed by atoms with Crippen molar-refractivity contribution in [1.82, 2.24) is 25.4 Å². The molecule has 0 saturated carbocycles. The molecule has 4 amide bonds. The van der Waals surface area contributed by atoms with E-state index in [-0.39, 0.29) is 91.7 Å². The van der Waals surface area contributed by atoms with Gasteiger partial charge in [0, 0.05) is 98.5 Å². The average molecular weight is 1620 g/mol. The molecule has 28 heteroatoms. The first kappa shape index (κ1) is 87.6. The SMILES string of the molecule is CC(C)Oc1cc(OCc2ccccc2F)cc(C(=O)Nc2ccccc2)c1.CCNCc1csc(NC(=O)c2cc(OCc3ccccc3F)cc(OC(C)C)c2)n1.COc1cc(NC(=O)c2cc(OCc3ccccc3F)cc(OC(C)C)c2)ncn1.Cc1cc(NC(=O)c2cc(OCc3ccccc3F)cc(OC(C)C)c2)no1. The second-order valence-electron chi connectivity index (χ2n) is 26.8. The first-order valence-electron chi connectivity index (χ1n) is 37.3. The number of anilines is 4. The number of amides is 4. The first-order valence-corrected chi connectivity index (χ1v) is 38.1. The highest BCUT2D eigenvalue weighted by Gasteiger charge is 2.20. The summed E-state index contributed by atoms with van der Waals surface area (Å²) >= 11 is 1.36. The Labute approximate surface area is 680 Å². The third-order valence-electron chi connectivity index (χ3n) is 15.8. The molecule has 12 rings (SSSR count). The predicted molar refractivity (Wildman–Crippen MR) is 439 cm³/mol. The summed E-state index contributed by atoms with van der Waals surface area (Å²) < 4.78 is 111. The maximum Gasteiger partial charge on any atom is 0.257 e. The van der Waals surface area contributed by atoms with Gasteiger partial charge in [-0.2, -0.15) is 0 Å². The molecule has 0 saturated heterocycles. The number of hydrogen-bond acceptors (Lipinski definition) is 20. The maximum absolute atomic E-state index is 13.9. The van der Waals surface area contributed by atoms with Gasteiger partial charge in [-0.05, 0) is 154 Å². The molecule has 9 aromatic carbocycles. The number of thiazole rings is 1. The van der Waals surface area contributed by atoms with Gasteiger partial charge < -0.3 is 68.4 Å². The number of nitrogens with zero attached hydrogens (tertiary/aromatic N) is 4. The van der Waals surface area contributed by atoms with Crippen LogP contribution in [-0.4, -0.2) is 81.8 Å². The summed E-state index contributed by atoms with van der Waals surface area (Å²) in [5.41, 5.74) is 4.64. The van der Waals surface area contributed by atoms with E-state index >= 15 is 0 Å². The number of halogens is 4. The van der Waals surface area contributed by atoms with Crippen molar-refractivity contribution in [3.8, 4) is 51.9 Å². The van der Waals surface area contributed by atoms with Crippen LogP contribution in [0.5, 0.6) is 51.9 Å². The zero-order valence-electron chi connectivity index (χ0n) is 66.3. The Morgan fingerprint density at radius 2 is 0.769 bits per heavy atom. The summed E-state index contributed by atoms with van der Waals surface area (Å²) in [6.45, 7) is 20.5. The van der Waals surface area contributed by atoms with E-state index in [4.69, 9.17) is 47.2 Å². The summed E-state index contributed by atoms with van der Waals surface area (Å²) in [6, 6.07) is 57.4. The Balaban J connectivity index is 0.000000178. The molecular weight excluding hydrogens is 1530 g/mol. The van der Waals surface area contributed by atoms with Crippen LogP contribution < -0.4 is 69.2 Å². The third kappa shape index (κ3) is 29.2. The van der Waals surface area contributed by atoms with E-state index in [9.17, 15) is 36.7 Å². The van der Waals surface area contributed by atoms with Gasteiger partial charge in [0.25, 0.3) is 23.6 Å². The lowest BCUT2D eigenvalue weighted by Gasteiger charge is -2.14. The number of nitrogens with one attached hydrogen (secondary N) is 5. The number of aromatic nitrogens is 4. The lowest BCUT2D eigenvalue weighted by atomic mass is 10.1. The van der Waals surface area contributed by atoms with E-state index in [0.717, 1.165) is 12.2 Å². The van der Waals surface area contributed by atoms with E-state index < -0.39 is 11.8 Å². The molecule has 0 fully saturated rings. The van der Waals surface area contributed by atoms with Crippen LogP contribution in [-0.2, 0) is 33.0 Å². The van der Waals surface area contributed by atoms with Crippen molar-refractivity contribution >= 4 is 57.4 Å². The largest absolute Gasteiger partial charge is 0.491 e. The van der Waals surface area contributed by atoms with Crippen LogP contribution in [0.2, 0.25) is 0 Å². The third-order valence-corrected chi connectivity index (χ3v) is 16.6. The second kappa shape index (κ2) is 44.4. The molecule has 23 nitrogen and oxygen atoms in total. The fraction of sp³-hybridized carbons (Fsp3) is 0.236. The van der Waals surface area contributed by atoms with Crippen molar-refractivity contribution in [1.29, 1.82) is 0 Å². The normalized spacial score (nSPS) is 10.7. The summed E-state index contributed by atoms with van der Waals surface area (Å²) in [4.78, 5) is 63.1. The number of para-hydroxylation sites is 1. The lowest BCUT2D eigenvalue weighted by Crippen LogP contribution is -2.14. The van der Waals surface area contributed by atoms with Crippen molar-refractivity contribution in [2.45, 2.75) is 127 Å². The summed E-state index contributed by atoms with van der Waals surface area (Å²) in [5.74, 6) is 2.27. The summed E-state index contributed by atoms with van der Waals surface area (Å²) in [5, 5.41) is 20.4. The molecule has 610 valence electrons. The van der Waals surface area contributed by atoms with Crippen LogP contribution in [0.1, 0.15) is 137 Å². The lowest BCUT2D eigenvalue weighted by molar-refractivity contribution is 0.101. The van der Waals surface area contributed by atoms with Gasteiger partial charge in [0.15, 0.2) is 10.9 Å². The molecular formula is C89H91F4N9O14S. The number of ether oxygens (including phenoxy) is 9. The number of benzene rings is 9. The van der Waals surface area contributed by atoms with Gasteiger partial charge >= 0.3 is 0 Å². The van der Waals surface area contributed by atoms with Crippen LogP contribution in [0.15, 0.2) is 229 Å². The van der Waals surface area contributed by atoms with Gasteiger partial charge in [0.2, 0.25) is 5.88 Å². The van der Waals surface area contributed by atoms with Crippen LogP contribution in [0, 0.1) is 30.2 Å². The fourth-order valence-corrected chi connectivity index (χ4v) is 11.2. The Bertz CT molecular complexity index is 5250. The minimum Gasteiger partial charge on any atom is -0.491 e. The molecule has 0 bridgehead atoms. The van der Waals surface area contributed by atoms with Crippen LogP contribution in [0.4, 0.5) is 40.0 Å². The van der Waals surface area contributed by atoms with Gasteiger partial charge in [0.1, 0.15) is 114 Å². The highest BCUT2D eigenvalue weighted by atomic mass is 32.1. The summed E-state index contributed by atoms with van der Waals surface area (Å²) in [6.07, 6.45) is 0.956. The highest BCUT2D eigenvalue weighted by molar-refractivity contribution is 7.14. The molecule has 0 unspecified atom stereocenters. The number of aryl methyl sites for hydroxylation is 1. The molecule has 0 spiro atoms. The number of rotatable bonds is 32. The Kier molecular flexibility index (Phi) is 33.2. The summed E-state index contributed by atoms with van der Waals surface area (Å²) in [7, 11) is 1.47. The zero-order valence-corrected chi connectivity index (χ0v) is 67.2. The molecule has 5 N–H and O–H groups in total. The van der Waals surface area contributed by atoms with E-state index in [0.29, 0.717) is 125 Å². The minimum atomic E-state index is -0.416. The van der Waals surface area contributed by atoms with Gasteiger partial charge in [-0.3, -0.25) is 24.5 Å². The molecule has 12 aromatic rings. The van der Waals surface area contributed by atoms with E-state index in [2.05, 4.69) is 46.7 Å². The average Bonchev–Trinajstić information content (AvgIpc) is 1.44. The van der Waals surface area contributed by atoms with Crippen molar-refractivity contribution in [2.24, 2.45) is 0 Å². The smallest absolute Gasteiger partial charge is 0.257 e. The monoisotopic (exact) mass is 1620 g/mol. The maximum atomic E-state index is 13.9. The number of methoxy groups -OCH3 is 1. The number of carbonyl (C=O) groups is 4. The standard InChI is InChI=1S/C23H26FN3O3S.C23H22FNO3.C22H22FN3O4.C21H21FN2O4/c1-4-25-12-18-14-31-23(26-18)27-22(28)17-9-19(11-20(10-17)30-15(2)3)29-13-16-7-5-6-8-21(16)24;1-16(2)28-21-13-18(23(26)25-19-9-4-3-5-10-19)12-20(14-21)27-15-17-8-6-7-11-22(17)24;1-14(2)30-18-9-16(22(27)26-20-11-21(28-3)25-13-24-20)8-17(10-18)29-12-15-6-4-5-7-19(15)23;1-13(2)27-18-10-16(21(25)23-20-8-14(3)28-24-20)9-17(11-18)26-12-15-6-4-5-7-19(15)22/h5-11,14-15,25H,4,12-13H2,1-3H3,(H,26,27,28);3-14,16H,15H2,1-2H3,(H,25,26);4-11,13-14H,12H2,1-3H3,(H,24,25,26,27);4-11,13H,12H2,1-3H3,(H,23,24,25). The van der Waals surface area contributed by atoms with Crippen molar-refractivity contribution in [3.05, 3.63) is 303 Å². The highest BCUT2D eigenvalue weighted by Crippen LogP contribution is 2.32. The van der Waals surface area contributed by atoms with E-state index in [1.807, 2.05) is 98.0 Å². The topological polar surface area (TPSA) is 276 Å². The molecule has 0 aliphatic rings. The Hall–Kier alpha value is -13.3. The number of hydrogen-bond donors (Lipinski definition) is 5. The minimum absolute atomic E-state index is 0.0158. The second-order valence-corrected chi connectivity index (χ2v) is 27.7. The molecule has 0 aliphatic carbocycles. The zero-order chi connectivity index (χ0) is 83.8. The molecule has 117 heavy (non-hydrogen) atoms. The molecule has 0 radical (unpaired) electrons. The van der Waals surface area contributed by atoms with Gasteiger partial charge in [-0.1, -0.05) is 103 Å². The fourth-order valence-electron chi connectivity index (χ4n) is 10.5. The van der Waals surface area contributed by atoms with Crippen molar-refractivity contribution in [2.75, 3.05) is 34.9 Å². The predicted octanol–water partition coefficient (Wildman–Crippen LogP) is 19.4. The van der Waals surface area contributed by atoms with Gasteiger partial charge in [-0.15, -0.1) is 11.3 Å². The van der Waals surface area contributed by atoms with Gasteiger partial charge in [-0.25, -0.2) is 32.5 Å². The van der Waals surface area contributed by atoms with E-state index in [1.54, 1.807) is 159 Å². The van der Waals surface area contributed by atoms with Crippen molar-refractivity contribution in [3.63, 3.8) is 0 Å². The molecule has 3 heterocycles. The molecule has 0 atom stereocenters. The Morgan fingerprint density at radius 3 is 1.12 bits per heavy atom. The molecule has 0 aliphatic heterocycles. The van der Waals surface area contributed by atoms with Gasteiger partial charge in [0.05, 0.1) is 37.2 Å². The van der Waals surface area contributed by atoms with E-state index in [1.165, 1.54) is 55.1 Å². The van der Waals surface area contributed by atoms with Crippen LogP contribution >= 0.6 is 11.3 Å². The molecule has 3 aromatic heterocycles.